The number of fused-ring (bicyclic) bond motifs is 2. The van der Waals surface area contributed by atoms with E-state index in [-0.39, 0.29) is 11.8 Å². The molecule has 0 unspecified atom stereocenters. The standard InChI is InChI=1S/C22H25ClN2O/c1-25-14-18-8-9-20(23)11-19(18)12-21(25)13-24-22(26)17-7-6-15-4-2-3-5-16(15)10-17/h2-5,8-9,11,17,21H,6-7,10,12-14H2,1H3,(H,24,26)/t17-,21-/m0/s1. The van der Waals surface area contributed by atoms with Gasteiger partial charge in [0.25, 0.3) is 0 Å². The lowest BCUT2D eigenvalue weighted by atomic mass is 9.83. The Hall–Kier alpha value is -1.84. The van der Waals surface area contributed by atoms with Gasteiger partial charge in [0.15, 0.2) is 0 Å². The molecule has 1 heterocycles. The molecule has 0 fully saturated rings. The molecule has 2 aromatic carbocycles. The van der Waals surface area contributed by atoms with Crippen molar-refractivity contribution in [1.29, 1.82) is 0 Å². The molecule has 0 aromatic heterocycles. The summed E-state index contributed by atoms with van der Waals surface area (Å²) >= 11 is 6.15. The van der Waals surface area contributed by atoms with E-state index in [1.54, 1.807) is 0 Å². The van der Waals surface area contributed by atoms with E-state index in [2.05, 4.69) is 53.7 Å². The highest BCUT2D eigenvalue weighted by Gasteiger charge is 2.27. The summed E-state index contributed by atoms with van der Waals surface area (Å²) in [5, 5.41) is 4.00. The fourth-order valence-corrected chi connectivity index (χ4v) is 4.45. The first-order valence-corrected chi connectivity index (χ1v) is 9.80. The van der Waals surface area contributed by atoms with E-state index < -0.39 is 0 Å². The summed E-state index contributed by atoms with van der Waals surface area (Å²) in [4.78, 5) is 15.0. The molecule has 136 valence electrons. The predicted molar refractivity (Wildman–Crippen MR) is 105 cm³/mol. The van der Waals surface area contributed by atoms with Crippen LogP contribution in [0.25, 0.3) is 0 Å². The Bertz CT molecular complexity index is 820. The fraction of sp³-hybridized carbons (Fsp3) is 0.409. The average Bonchev–Trinajstić information content (AvgIpc) is 2.66. The maximum absolute atomic E-state index is 12.7. The van der Waals surface area contributed by atoms with Crippen LogP contribution in [-0.2, 0) is 30.6 Å². The van der Waals surface area contributed by atoms with E-state index in [4.69, 9.17) is 11.6 Å². The Labute approximate surface area is 160 Å². The van der Waals surface area contributed by atoms with E-state index in [1.807, 2.05) is 6.07 Å². The summed E-state index contributed by atoms with van der Waals surface area (Å²) in [7, 11) is 2.13. The summed E-state index contributed by atoms with van der Waals surface area (Å²) < 4.78 is 0. The lowest BCUT2D eigenvalue weighted by molar-refractivity contribution is -0.125. The molecule has 0 saturated carbocycles. The number of hydrogen-bond acceptors (Lipinski definition) is 2. The van der Waals surface area contributed by atoms with E-state index in [9.17, 15) is 4.79 Å². The van der Waals surface area contributed by atoms with Gasteiger partial charge in [0.2, 0.25) is 5.91 Å². The predicted octanol–water partition coefficient (Wildman–Crippen LogP) is 3.62. The monoisotopic (exact) mass is 368 g/mol. The van der Waals surface area contributed by atoms with Crippen LogP contribution in [0.3, 0.4) is 0 Å². The summed E-state index contributed by atoms with van der Waals surface area (Å²) in [5.74, 6) is 0.297. The van der Waals surface area contributed by atoms with Gasteiger partial charge in [0.05, 0.1) is 0 Å². The molecule has 4 heteroatoms. The largest absolute Gasteiger partial charge is 0.354 e. The van der Waals surface area contributed by atoms with E-state index in [0.717, 1.165) is 37.3 Å². The molecule has 1 N–H and O–H groups in total. The number of likely N-dealkylation sites (N-methyl/N-ethyl adjacent to an activating group) is 1. The van der Waals surface area contributed by atoms with Crippen molar-refractivity contribution in [3.05, 3.63) is 69.7 Å². The van der Waals surface area contributed by atoms with Gasteiger partial charge in [0.1, 0.15) is 0 Å². The third-order valence-corrected chi connectivity index (χ3v) is 6.13. The molecule has 2 aliphatic rings. The van der Waals surface area contributed by atoms with Crippen molar-refractivity contribution in [2.75, 3.05) is 13.6 Å². The van der Waals surface area contributed by atoms with Crippen LogP contribution in [0.1, 0.15) is 28.7 Å². The molecule has 0 spiro atoms. The Balaban J connectivity index is 1.36. The second kappa shape index (κ2) is 7.42. The second-order valence-electron chi connectivity index (χ2n) is 7.64. The number of benzene rings is 2. The summed E-state index contributed by atoms with van der Waals surface area (Å²) in [5.41, 5.74) is 5.37. The smallest absolute Gasteiger partial charge is 0.223 e. The zero-order valence-electron chi connectivity index (χ0n) is 15.2. The first-order chi connectivity index (χ1) is 12.6. The van der Waals surface area contributed by atoms with Crippen molar-refractivity contribution in [2.45, 2.75) is 38.3 Å². The van der Waals surface area contributed by atoms with Crippen LogP contribution < -0.4 is 5.32 Å². The molecule has 2 atom stereocenters. The number of aryl methyl sites for hydroxylation is 1. The minimum Gasteiger partial charge on any atom is -0.354 e. The molecule has 0 bridgehead atoms. The highest BCUT2D eigenvalue weighted by atomic mass is 35.5. The first kappa shape index (κ1) is 17.6. The number of halogens is 1. The van der Waals surface area contributed by atoms with E-state index in [0.29, 0.717) is 12.6 Å². The SMILES string of the molecule is CN1Cc2ccc(Cl)cc2C[C@H]1CNC(=O)[C@H]1CCc2ccccc2C1. The lowest BCUT2D eigenvalue weighted by Crippen LogP contribution is -2.47. The number of nitrogens with zero attached hydrogens (tertiary/aromatic N) is 1. The third-order valence-electron chi connectivity index (χ3n) is 5.90. The fourth-order valence-electron chi connectivity index (χ4n) is 4.26. The highest BCUT2D eigenvalue weighted by Crippen LogP contribution is 2.27. The van der Waals surface area contributed by atoms with Crippen LogP contribution >= 0.6 is 11.6 Å². The zero-order valence-corrected chi connectivity index (χ0v) is 15.9. The van der Waals surface area contributed by atoms with Crippen molar-refractivity contribution in [3.63, 3.8) is 0 Å². The van der Waals surface area contributed by atoms with Crippen LogP contribution in [0.5, 0.6) is 0 Å². The van der Waals surface area contributed by atoms with Gasteiger partial charge < -0.3 is 5.32 Å². The maximum Gasteiger partial charge on any atom is 0.223 e. The molecule has 0 radical (unpaired) electrons. The number of rotatable bonds is 3. The van der Waals surface area contributed by atoms with Gasteiger partial charge in [-0.25, -0.2) is 0 Å². The van der Waals surface area contributed by atoms with Crippen LogP contribution in [0.2, 0.25) is 5.02 Å². The summed E-state index contributed by atoms with van der Waals surface area (Å²) in [6.07, 6.45) is 3.74. The van der Waals surface area contributed by atoms with Gasteiger partial charge in [-0.15, -0.1) is 0 Å². The van der Waals surface area contributed by atoms with Gasteiger partial charge in [-0.1, -0.05) is 41.9 Å². The van der Waals surface area contributed by atoms with E-state index in [1.165, 1.54) is 22.3 Å². The molecule has 0 saturated heterocycles. The normalized spacial score (nSPS) is 22.4. The van der Waals surface area contributed by atoms with Gasteiger partial charge in [-0.3, -0.25) is 9.69 Å². The van der Waals surface area contributed by atoms with Crippen molar-refractivity contribution >= 4 is 17.5 Å². The highest BCUT2D eigenvalue weighted by molar-refractivity contribution is 6.30. The van der Waals surface area contributed by atoms with Crippen LogP contribution in [0.4, 0.5) is 0 Å². The molecule has 1 aliphatic carbocycles. The van der Waals surface area contributed by atoms with Gasteiger partial charge in [-0.2, -0.15) is 0 Å². The molecule has 4 rings (SSSR count). The third kappa shape index (κ3) is 3.65. The molecule has 26 heavy (non-hydrogen) atoms. The summed E-state index contributed by atoms with van der Waals surface area (Å²) in [6.45, 7) is 1.60. The molecular formula is C22H25ClN2O. The van der Waals surface area contributed by atoms with Crippen molar-refractivity contribution in [2.24, 2.45) is 5.92 Å². The minimum atomic E-state index is 0.0977. The van der Waals surface area contributed by atoms with Gasteiger partial charge >= 0.3 is 0 Å². The molecule has 1 aliphatic heterocycles. The van der Waals surface area contributed by atoms with E-state index >= 15 is 0 Å². The number of hydrogen-bond donors (Lipinski definition) is 1. The summed E-state index contributed by atoms with van der Waals surface area (Å²) in [6, 6.07) is 14.9. The van der Waals surface area contributed by atoms with Crippen LogP contribution in [-0.4, -0.2) is 30.4 Å². The van der Waals surface area contributed by atoms with Crippen LogP contribution in [0, 0.1) is 5.92 Å². The average molecular weight is 369 g/mol. The number of nitrogens with one attached hydrogen (secondary N) is 1. The van der Waals surface area contributed by atoms with Crippen molar-refractivity contribution in [3.8, 4) is 0 Å². The number of amides is 1. The Morgan fingerprint density at radius 2 is 1.92 bits per heavy atom. The van der Waals surface area contributed by atoms with Gasteiger partial charge in [0, 0.05) is 30.1 Å². The molecule has 2 aromatic rings. The Morgan fingerprint density at radius 1 is 1.12 bits per heavy atom. The van der Waals surface area contributed by atoms with Gasteiger partial charge in [-0.05, 0) is 67.1 Å². The Morgan fingerprint density at radius 3 is 2.77 bits per heavy atom. The lowest BCUT2D eigenvalue weighted by Gasteiger charge is -2.34. The maximum atomic E-state index is 12.7. The molecule has 1 amide bonds. The van der Waals surface area contributed by atoms with Crippen LogP contribution in [0.15, 0.2) is 42.5 Å². The Kier molecular flexibility index (Phi) is 5.01. The molecular weight excluding hydrogens is 344 g/mol. The van der Waals surface area contributed by atoms with Crippen molar-refractivity contribution in [1.82, 2.24) is 10.2 Å². The first-order valence-electron chi connectivity index (χ1n) is 9.42. The number of carbonyl (C=O) groups excluding carboxylic acids is 1. The second-order valence-corrected chi connectivity index (χ2v) is 8.08. The number of carbonyl (C=O) groups is 1. The topological polar surface area (TPSA) is 32.3 Å². The molecule has 3 nitrogen and oxygen atoms in total. The van der Waals surface area contributed by atoms with Crippen molar-refractivity contribution < 1.29 is 4.79 Å². The quantitative estimate of drug-likeness (QED) is 0.897. The zero-order chi connectivity index (χ0) is 18.1. The minimum absolute atomic E-state index is 0.0977.